The molecule has 1 saturated heterocycles. The molecule has 1 heterocycles. The maximum atomic E-state index is 11.8. The molecule has 2 fully saturated rings. The Morgan fingerprint density at radius 2 is 1.90 bits per heavy atom. The summed E-state index contributed by atoms with van der Waals surface area (Å²) in [4.78, 5) is 22.8. The van der Waals surface area contributed by atoms with Gasteiger partial charge in [0.25, 0.3) is 0 Å². The average Bonchev–Trinajstić information content (AvgIpc) is 2.88. The van der Waals surface area contributed by atoms with E-state index in [1.807, 2.05) is 0 Å². The molecule has 2 unspecified atom stereocenters. The molecule has 0 radical (unpaired) electrons. The summed E-state index contributed by atoms with van der Waals surface area (Å²) in [7, 11) is 0. The molecule has 1 aliphatic carbocycles. The van der Waals surface area contributed by atoms with Gasteiger partial charge in [-0.05, 0) is 38.1 Å². The first-order valence-corrected chi connectivity index (χ1v) is 7.47. The van der Waals surface area contributed by atoms with E-state index in [0.29, 0.717) is 19.8 Å². The Labute approximate surface area is 119 Å². The van der Waals surface area contributed by atoms with Gasteiger partial charge in [0, 0.05) is 19.3 Å². The molecule has 6 heteroatoms. The number of nitrogens with one attached hydrogen (secondary N) is 2. The molecule has 6 nitrogen and oxygen atoms in total. The summed E-state index contributed by atoms with van der Waals surface area (Å²) >= 11 is 0. The summed E-state index contributed by atoms with van der Waals surface area (Å²) in [5, 5.41) is 15.2. The van der Waals surface area contributed by atoms with Crippen molar-refractivity contribution in [3.63, 3.8) is 0 Å². The van der Waals surface area contributed by atoms with E-state index < -0.39 is 5.97 Å². The van der Waals surface area contributed by atoms with Crippen LogP contribution < -0.4 is 10.6 Å². The van der Waals surface area contributed by atoms with E-state index in [2.05, 4.69) is 10.6 Å². The highest BCUT2D eigenvalue weighted by Gasteiger charge is 2.32. The van der Waals surface area contributed by atoms with Gasteiger partial charge in [-0.1, -0.05) is 6.42 Å². The minimum Gasteiger partial charge on any atom is -0.481 e. The monoisotopic (exact) mass is 284 g/mol. The number of carbonyl (C=O) groups excluding carboxylic acids is 1. The molecule has 2 aliphatic rings. The molecular formula is C14H24N2O4. The minimum atomic E-state index is -0.707. The van der Waals surface area contributed by atoms with Crippen LogP contribution in [-0.4, -0.2) is 49.3 Å². The number of carboxylic acids is 1. The van der Waals surface area contributed by atoms with Crippen LogP contribution >= 0.6 is 0 Å². The van der Waals surface area contributed by atoms with E-state index in [-0.39, 0.29) is 30.3 Å². The number of amides is 1. The summed E-state index contributed by atoms with van der Waals surface area (Å²) < 4.78 is 5.24. The maximum absolute atomic E-state index is 11.8. The van der Waals surface area contributed by atoms with Gasteiger partial charge in [-0.25, -0.2) is 0 Å². The van der Waals surface area contributed by atoms with Gasteiger partial charge in [-0.15, -0.1) is 0 Å². The van der Waals surface area contributed by atoms with Gasteiger partial charge in [-0.2, -0.15) is 0 Å². The first kappa shape index (κ1) is 15.3. The lowest BCUT2D eigenvalue weighted by Gasteiger charge is -2.23. The van der Waals surface area contributed by atoms with Crippen molar-refractivity contribution >= 4 is 11.9 Å². The van der Waals surface area contributed by atoms with Crippen molar-refractivity contribution < 1.29 is 19.4 Å². The molecule has 114 valence electrons. The second kappa shape index (κ2) is 7.59. The van der Waals surface area contributed by atoms with Crippen LogP contribution in [-0.2, 0) is 14.3 Å². The molecule has 0 aromatic rings. The van der Waals surface area contributed by atoms with Crippen molar-refractivity contribution in [2.75, 3.05) is 26.3 Å². The molecule has 1 saturated carbocycles. The molecule has 20 heavy (non-hydrogen) atoms. The molecule has 0 spiro atoms. The van der Waals surface area contributed by atoms with Crippen molar-refractivity contribution in [2.45, 2.75) is 38.1 Å². The Balaban J connectivity index is 1.62. The zero-order valence-corrected chi connectivity index (χ0v) is 11.8. The lowest BCUT2D eigenvalue weighted by molar-refractivity contribution is -0.142. The second-order valence-corrected chi connectivity index (χ2v) is 5.72. The van der Waals surface area contributed by atoms with Crippen LogP contribution in [0.15, 0.2) is 0 Å². The summed E-state index contributed by atoms with van der Waals surface area (Å²) in [6.45, 7) is 2.29. The lowest BCUT2D eigenvalue weighted by atomic mass is 9.96. The van der Waals surface area contributed by atoms with E-state index >= 15 is 0 Å². The summed E-state index contributed by atoms with van der Waals surface area (Å²) in [5.74, 6) is -0.813. The van der Waals surface area contributed by atoms with Crippen LogP contribution in [0.4, 0.5) is 0 Å². The van der Waals surface area contributed by atoms with Gasteiger partial charge in [0.1, 0.15) is 0 Å². The van der Waals surface area contributed by atoms with E-state index in [1.165, 1.54) is 0 Å². The zero-order chi connectivity index (χ0) is 14.4. The van der Waals surface area contributed by atoms with Crippen molar-refractivity contribution in [3.05, 3.63) is 0 Å². The molecular weight excluding hydrogens is 260 g/mol. The van der Waals surface area contributed by atoms with E-state index in [1.54, 1.807) is 0 Å². The Morgan fingerprint density at radius 1 is 1.15 bits per heavy atom. The fraction of sp³-hybridized carbons (Fsp3) is 0.857. The first-order valence-electron chi connectivity index (χ1n) is 7.47. The fourth-order valence-corrected chi connectivity index (χ4v) is 3.10. The van der Waals surface area contributed by atoms with Gasteiger partial charge in [0.15, 0.2) is 0 Å². The van der Waals surface area contributed by atoms with Crippen LogP contribution in [0.5, 0.6) is 0 Å². The molecule has 2 rings (SSSR count). The SMILES string of the molecule is O=C(CNCC1CCCC1C(=O)O)NC1CCOCC1. The fourth-order valence-electron chi connectivity index (χ4n) is 3.10. The number of ether oxygens (including phenoxy) is 1. The van der Waals surface area contributed by atoms with Gasteiger partial charge >= 0.3 is 5.97 Å². The maximum Gasteiger partial charge on any atom is 0.306 e. The number of aliphatic carboxylic acids is 1. The second-order valence-electron chi connectivity index (χ2n) is 5.72. The number of hydrogen-bond acceptors (Lipinski definition) is 4. The van der Waals surface area contributed by atoms with Crippen LogP contribution in [0.1, 0.15) is 32.1 Å². The quantitative estimate of drug-likeness (QED) is 0.656. The van der Waals surface area contributed by atoms with Gasteiger partial charge in [0.2, 0.25) is 5.91 Å². The van der Waals surface area contributed by atoms with E-state index in [9.17, 15) is 9.59 Å². The number of carbonyl (C=O) groups is 2. The number of carboxylic acid groups (broad SMARTS) is 1. The summed E-state index contributed by atoms with van der Waals surface area (Å²) in [5.41, 5.74) is 0. The van der Waals surface area contributed by atoms with Crippen molar-refractivity contribution in [1.29, 1.82) is 0 Å². The van der Waals surface area contributed by atoms with Crippen molar-refractivity contribution in [2.24, 2.45) is 11.8 Å². The predicted molar refractivity (Wildman–Crippen MR) is 73.3 cm³/mol. The van der Waals surface area contributed by atoms with Crippen LogP contribution in [0.25, 0.3) is 0 Å². The topological polar surface area (TPSA) is 87.7 Å². The molecule has 1 aliphatic heterocycles. The van der Waals surface area contributed by atoms with Gasteiger partial charge in [-0.3, -0.25) is 9.59 Å². The van der Waals surface area contributed by atoms with Crippen molar-refractivity contribution in [3.8, 4) is 0 Å². The Bertz CT molecular complexity index is 342. The highest BCUT2D eigenvalue weighted by molar-refractivity contribution is 5.78. The summed E-state index contributed by atoms with van der Waals surface area (Å²) in [6, 6.07) is 0.219. The predicted octanol–water partition coefficient (Wildman–Crippen LogP) is 0.372. The van der Waals surface area contributed by atoms with Crippen LogP contribution in [0.3, 0.4) is 0 Å². The minimum absolute atomic E-state index is 0.0122. The Kier molecular flexibility index (Phi) is 5.79. The molecule has 1 amide bonds. The van der Waals surface area contributed by atoms with Gasteiger partial charge < -0.3 is 20.5 Å². The molecule has 0 aromatic heterocycles. The Hall–Kier alpha value is -1.14. The average molecular weight is 284 g/mol. The number of rotatable bonds is 6. The molecule has 0 bridgehead atoms. The van der Waals surface area contributed by atoms with Crippen LogP contribution in [0, 0.1) is 11.8 Å². The first-order chi connectivity index (χ1) is 9.66. The third kappa shape index (κ3) is 4.45. The largest absolute Gasteiger partial charge is 0.481 e. The standard InChI is InChI=1S/C14H24N2O4/c17-13(16-11-4-6-20-7-5-11)9-15-8-10-2-1-3-12(10)14(18)19/h10-12,15H,1-9H2,(H,16,17)(H,18,19). The highest BCUT2D eigenvalue weighted by Crippen LogP contribution is 2.31. The normalized spacial score (nSPS) is 27.4. The van der Waals surface area contributed by atoms with Gasteiger partial charge in [0.05, 0.1) is 12.5 Å². The smallest absolute Gasteiger partial charge is 0.306 e. The van der Waals surface area contributed by atoms with Crippen LogP contribution in [0.2, 0.25) is 0 Å². The zero-order valence-electron chi connectivity index (χ0n) is 11.8. The molecule has 2 atom stereocenters. The third-order valence-corrected chi connectivity index (χ3v) is 4.25. The number of hydrogen-bond donors (Lipinski definition) is 3. The van der Waals surface area contributed by atoms with E-state index in [4.69, 9.17) is 9.84 Å². The molecule has 0 aromatic carbocycles. The lowest BCUT2D eigenvalue weighted by Crippen LogP contribution is -2.44. The molecule has 3 N–H and O–H groups in total. The van der Waals surface area contributed by atoms with E-state index in [0.717, 1.165) is 32.1 Å². The highest BCUT2D eigenvalue weighted by atomic mass is 16.5. The third-order valence-electron chi connectivity index (χ3n) is 4.25. The van der Waals surface area contributed by atoms with Crippen molar-refractivity contribution in [1.82, 2.24) is 10.6 Å². The Morgan fingerprint density at radius 3 is 2.60 bits per heavy atom. The summed E-state index contributed by atoms with van der Waals surface area (Å²) in [6.07, 6.45) is 4.41.